The van der Waals surface area contributed by atoms with Gasteiger partial charge in [-0.25, -0.2) is 0 Å². The average molecular weight is 321 g/mol. The van der Waals surface area contributed by atoms with Crippen molar-refractivity contribution in [3.05, 3.63) is 35.4 Å². The fourth-order valence-electron chi connectivity index (χ4n) is 3.10. The number of alkyl halides is 5. The van der Waals surface area contributed by atoms with Gasteiger partial charge in [-0.15, -0.1) is 0 Å². The van der Waals surface area contributed by atoms with Crippen LogP contribution in [0.5, 0.6) is 0 Å². The lowest BCUT2D eigenvalue weighted by molar-refractivity contribution is -0.289. The lowest BCUT2D eigenvalue weighted by atomic mass is 9.75. The summed E-state index contributed by atoms with van der Waals surface area (Å²) in [7, 11) is 0. The molecule has 0 radical (unpaired) electrons. The molecule has 1 fully saturated rings. The highest BCUT2D eigenvalue weighted by atomic mass is 19.4. The van der Waals surface area contributed by atoms with Crippen molar-refractivity contribution in [2.45, 2.75) is 50.7 Å². The first-order chi connectivity index (χ1) is 10.1. The summed E-state index contributed by atoms with van der Waals surface area (Å²) in [5, 5.41) is 0. The van der Waals surface area contributed by atoms with Crippen LogP contribution in [0.3, 0.4) is 0 Å². The van der Waals surface area contributed by atoms with Gasteiger partial charge in [-0.05, 0) is 49.1 Å². The second kappa shape index (κ2) is 6.14. The van der Waals surface area contributed by atoms with Crippen LogP contribution in [-0.2, 0) is 12.3 Å². The molecule has 2 rings (SSSR count). The first-order valence-corrected chi connectivity index (χ1v) is 7.41. The Balaban J connectivity index is 2.18. The van der Waals surface area contributed by atoms with E-state index >= 15 is 0 Å². The number of hydrogen-bond acceptors (Lipinski definition) is 1. The minimum atomic E-state index is -5.58. The molecule has 124 valence electrons. The Kier molecular flexibility index (Phi) is 4.80. The van der Waals surface area contributed by atoms with Crippen molar-refractivity contribution in [3.8, 4) is 0 Å². The molecule has 0 bridgehead atoms. The van der Waals surface area contributed by atoms with Crippen molar-refractivity contribution in [2.75, 3.05) is 0 Å². The Labute approximate surface area is 126 Å². The summed E-state index contributed by atoms with van der Waals surface area (Å²) >= 11 is 0. The average Bonchev–Trinajstić information content (AvgIpc) is 2.42. The van der Waals surface area contributed by atoms with E-state index in [0.717, 1.165) is 31.4 Å². The van der Waals surface area contributed by atoms with E-state index in [4.69, 9.17) is 5.73 Å². The van der Waals surface area contributed by atoms with Crippen LogP contribution in [0.1, 0.15) is 37.3 Å². The number of rotatable bonds is 3. The maximum Gasteiger partial charge on any atom is 0.458 e. The normalized spacial score (nSPS) is 27.0. The number of hydrogen-bond donors (Lipinski definition) is 1. The predicted octanol–water partition coefficient (Wildman–Crippen LogP) is 4.65. The highest BCUT2D eigenvalue weighted by molar-refractivity contribution is 5.28. The summed E-state index contributed by atoms with van der Waals surface area (Å²) in [6, 6.07) is 4.74. The molecule has 0 saturated heterocycles. The van der Waals surface area contributed by atoms with Crippen LogP contribution in [0, 0.1) is 11.8 Å². The highest BCUT2D eigenvalue weighted by Crippen LogP contribution is 2.44. The van der Waals surface area contributed by atoms with Gasteiger partial charge >= 0.3 is 12.1 Å². The summed E-state index contributed by atoms with van der Waals surface area (Å²) in [6.45, 7) is 2.07. The number of nitrogens with two attached hydrogens (primary N) is 1. The molecular formula is C16H20F5N. The van der Waals surface area contributed by atoms with Gasteiger partial charge in [-0.2, -0.15) is 22.0 Å². The third-order valence-electron chi connectivity index (χ3n) is 4.55. The third-order valence-corrected chi connectivity index (χ3v) is 4.55. The summed E-state index contributed by atoms with van der Waals surface area (Å²) < 4.78 is 64.2. The smallest absolute Gasteiger partial charge is 0.328 e. The lowest BCUT2D eigenvalue weighted by Crippen LogP contribution is -2.34. The molecule has 6 heteroatoms. The van der Waals surface area contributed by atoms with Crippen LogP contribution in [-0.4, -0.2) is 12.2 Å². The summed E-state index contributed by atoms with van der Waals surface area (Å²) in [5.41, 5.74) is 5.44. The van der Waals surface area contributed by atoms with Gasteiger partial charge in [0.15, 0.2) is 0 Å². The SMILES string of the molecule is CC1CCC(N)CC1Cc1cccc(C(F)(F)C(F)(F)F)c1. The maximum atomic E-state index is 13.4. The van der Waals surface area contributed by atoms with Gasteiger partial charge in [0.05, 0.1) is 0 Å². The summed E-state index contributed by atoms with van der Waals surface area (Å²) in [6.07, 6.45) is -2.42. The topological polar surface area (TPSA) is 26.0 Å². The second-order valence-corrected chi connectivity index (χ2v) is 6.29. The lowest BCUT2D eigenvalue weighted by Gasteiger charge is -2.32. The Bertz CT molecular complexity index is 512. The molecule has 0 aliphatic heterocycles. The molecule has 1 saturated carbocycles. The quantitative estimate of drug-likeness (QED) is 0.806. The van der Waals surface area contributed by atoms with Gasteiger partial charge < -0.3 is 5.73 Å². The van der Waals surface area contributed by atoms with E-state index in [1.54, 1.807) is 6.07 Å². The molecule has 2 N–H and O–H groups in total. The fraction of sp³-hybridized carbons (Fsp3) is 0.625. The Morgan fingerprint density at radius 1 is 1.14 bits per heavy atom. The molecule has 1 aliphatic rings. The van der Waals surface area contributed by atoms with E-state index in [1.165, 1.54) is 6.07 Å². The first-order valence-electron chi connectivity index (χ1n) is 7.41. The molecule has 3 unspecified atom stereocenters. The molecule has 3 atom stereocenters. The van der Waals surface area contributed by atoms with E-state index in [-0.39, 0.29) is 12.0 Å². The zero-order valence-corrected chi connectivity index (χ0v) is 12.3. The molecule has 0 amide bonds. The monoisotopic (exact) mass is 321 g/mol. The van der Waals surface area contributed by atoms with Crippen LogP contribution < -0.4 is 5.73 Å². The fourth-order valence-corrected chi connectivity index (χ4v) is 3.10. The minimum absolute atomic E-state index is 0.0843. The zero-order chi connectivity index (χ0) is 16.5. The van der Waals surface area contributed by atoms with E-state index in [9.17, 15) is 22.0 Å². The van der Waals surface area contributed by atoms with Gasteiger partial charge in [0.1, 0.15) is 0 Å². The van der Waals surface area contributed by atoms with Crippen molar-refractivity contribution < 1.29 is 22.0 Å². The zero-order valence-electron chi connectivity index (χ0n) is 12.3. The van der Waals surface area contributed by atoms with Crippen molar-refractivity contribution in [3.63, 3.8) is 0 Å². The number of halogens is 5. The molecule has 0 aromatic heterocycles. The molecule has 22 heavy (non-hydrogen) atoms. The number of benzene rings is 1. The van der Waals surface area contributed by atoms with Gasteiger partial charge in [-0.1, -0.05) is 25.1 Å². The summed E-state index contributed by atoms with van der Waals surface area (Å²) in [5.74, 6) is -4.21. The van der Waals surface area contributed by atoms with E-state index in [0.29, 0.717) is 17.9 Å². The maximum absolute atomic E-state index is 13.4. The Morgan fingerprint density at radius 3 is 2.45 bits per heavy atom. The van der Waals surface area contributed by atoms with Gasteiger partial charge in [-0.3, -0.25) is 0 Å². The van der Waals surface area contributed by atoms with Crippen LogP contribution in [0.15, 0.2) is 24.3 Å². The van der Waals surface area contributed by atoms with Crippen LogP contribution in [0.25, 0.3) is 0 Å². The van der Waals surface area contributed by atoms with Crippen LogP contribution >= 0.6 is 0 Å². The third kappa shape index (κ3) is 3.59. The standard InChI is InChI=1S/C16H20F5N/c1-10-5-6-14(22)9-12(10)7-11-3-2-4-13(8-11)15(17,18)16(19,20)21/h2-4,8,10,12,14H,5-7,9,22H2,1H3. The van der Waals surface area contributed by atoms with E-state index in [2.05, 4.69) is 6.92 Å². The summed E-state index contributed by atoms with van der Waals surface area (Å²) in [4.78, 5) is 0. The predicted molar refractivity (Wildman–Crippen MR) is 74.6 cm³/mol. The molecule has 1 aromatic rings. The van der Waals surface area contributed by atoms with Crippen molar-refractivity contribution in [2.24, 2.45) is 17.6 Å². The molecule has 1 aliphatic carbocycles. The molecular weight excluding hydrogens is 301 g/mol. The van der Waals surface area contributed by atoms with Crippen molar-refractivity contribution in [1.29, 1.82) is 0 Å². The molecule has 0 heterocycles. The van der Waals surface area contributed by atoms with Crippen LogP contribution in [0.2, 0.25) is 0 Å². The van der Waals surface area contributed by atoms with Crippen molar-refractivity contribution in [1.82, 2.24) is 0 Å². The van der Waals surface area contributed by atoms with Gasteiger partial charge in [0.2, 0.25) is 0 Å². The largest absolute Gasteiger partial charge is 0.458 e. The van der Waals surface area contributed by atoms with Gasteiger partial charge in [0.25, 0.3) is 0 Å². The van der Waals surface area contributed by atoms with Gasteiger partial charge in [0, 0.05) is 11.6 Å². The molecule has 1 aromatic carbocycles. The van der Waals surface area contributed by atoms with E-state index < -0.39 is 17.7 Å². The first kappa shape index (κ1) is 17.2. The Morgan fingerprint density at radius 2 is 1.82 bits per heavy atom. The molecule has 0 spiro atoms. The highest BCUT2D eigenvalue weighted by Gasteiger charge is 2.58. The van der Waals surface area contributed by atoms with Crippen LogP contribution in [0.4, 0.5) is 22.0 Å². The van der Waals surface area contributed by atoms with Crippen molar-refractivity contribution >= 4 is 0 Å². The Hall–Kier alpha value is -1.17. The minimum Gasteiger partial charge on any atom is -0.328 e. The van der Waals surface area contributed by atoms with E-state index in [1.807, 2.05) is 0 Å². The second-order valence-electron chi connectivity index (χ2n) is 6.29. The molecule has 1 nitrogen and oxygen atoms in total.